The molecule has 2 aromatic carbocycles. The third-order valence-electron chi connectivity index (χ3n) is 4.80. The smallest absolute Gasteiger partial charge is 0.349 e. The SMILES string of the molecule is CCCc1c(OC)ccc2cc(C(=O)Nc3ccc(CC(C)(C)N)cc3)c(=O)oc12. The molecule has 0 saturated heterocycles. The molecule has 0 aliphatic carbocycles. The molecule has 0 aliphatic rings. The number of nitrogens with two attached hydrogens (primary N) is 1. The van der Waals surface area contributed by atoms with Gasteiger partial charge in [-0.3, -0.25) is 4.79 Å². The Bertz CT molecular complexity index is 1110. The van der Waals surface area contributed by atoms with Crippen molar-refractivity contribution in [3.63, 3.8) is 0 Å². The number of amides is 1. The molecule has 0 bridgehead atoms. The monoisotopic (exact) mass is 408 g/mol. The summed E-state index contributed by atoms with van der Waals surface area (Å²) in [6.07, 6.45) is 2.30. The van der Waals surface area contributed by atoms with Crippen LogP contribution in [0.4, 0.5) is 5.69 Å². The molecule has 0 fully saturated rings. The van der Waals surface area contributed by atoms with Crippen LogP contribution in [0.5, 0.6) is 5.75 Å². The topological polar surface area (TPSA) is 94.6 Å². The predicted molar refractivity (Wildman–Crippen MR) is 119 cm³/mol. The van der Waals surface area contributed by atoms with Gasteiger partial charge in [0, 0.05) is 22.2 Å². The lowest BCUT2D eigenvalue weighted by Gasteiger charge is -2.18. The summed E-state index contributed by atoms with van der Waals surface area (Å²) in [4.78, 5) is 25.3. The number of anilines is 1. The second-order valence-electron chi connectivity index (χ2n) is 8.18. The lowest BCUT2D eigenvalue weighted by Crippen LogP contribution is -2.34. The summed E-state index contributed by atoms with van der Waals surface area (Å²) in [5, 5.41) is 3.45. The Labute approximate surface area is 176 Å². The number of hydrogen-bond donors (Lipinski definition) is 2. The average molecular weight is 408 g/mol. The molecular formula is C24H28N2O4. The van der Waals surface area contributed by atoms with Crippen LogP contribution in [0.3, 0.4) is 0 Å². The van der Waals surface area contributed by atoms with Gasteiger partial charge >= 0.3 is 5.63 Å². The van der Waals surface area contributed by atoms with Gasteiger partial charge in [-0.1, -0.05) is 25.5 Å². The zero-order valence-electron chi connectivity index (χ0n) is 17.9. The maximum absolute atomic E-state index is 12.7. The number of benzene rings is 2. The number of nitrogens with one attached hydrogen (secondary N) is 1. The minimum absolute atomic E-state index is 0.0396. The van der Waals surface area contributed by atoms with Gasteiger partial charge in [0.25, 0.3) is 5.91 Å². The van der Waals surface area contributed by atoms with E-state index in [0.29, 0.717) is 28.8 Å². The minimum Gasteiger partial charge on any atom is -0.496 e. The second-order valence-corrected chi connectivity index (χ2v) is 8.18. The number of methoxy groups -OCH3 is 1. The van der Waals surface area contributed by atoms with Crippen molar-refractivity contribution >= 4 is 22.6 Å². The Morgan fingerprint density at radius 1 is 1.17 bits per heavy atom. The fourth-order valence-corrected chi connectivity index (χ4v) is 3.49. The molecule has 6 nitrogen and oxygen atoms in total. The third kappa shape index (κ3) is 4.89. The van der Waals surface area contributed by atoms with Crippen molar-refractivity contribution in [1.82, 2.24) is 0 Å². The van der Waals surface area contributed by atoms with Gasteiger partial charge in [-0.2, -0.15) is 0 Å². The van der Waals surface area contributed by atoms with Crippen LogP contribution in [0.25, 0.3) is 11.0 Å². The fraction of sp³-hybridized carbons (Fsp3) is 0.333. The van der Waals surface area contributed by atoms with Gasteiger partial charge in [-0.25, -0.2) is 4.79 Å². The molecule has 0 saturated carbocycles. The molecular weight excluding hydrogens is 380 g/mol. The molecule has 0 aliphatic heterocycles. The first-order chi connectivity index (χ1) is 14.2. The Morgan fingerprint density at radius 2 is 1.87 bits per heavy atom. The molecule has 6 heteroatoms. The van der Waals surface area contributed by atoms with E-state index in [0.717, 1.165) is 24.0 Å². The molecule has 0 atom stereocenters. The van der Waals surface area contributed by atoms with E-state index in [1.54, 1.807) is 31.4 Å². The van der Waals surface area contributed by atoms with Crippen LogP contribution in [-0.2, 0) is 12.8 Å². The number of carbonyl (C=O) groups is 1. The predicted octanol–water partition coefficient (Wildman–Crippen LogP) is 4.29. The highest BCUT2D eigenvalue weighted by Crippen LogP contribution is 2.29. The first-order valence-electron chi connectivity index (χ1n) is 10.0. The zero-order valence-corrected chi connectivity index (χ0v) is 17.9. The molecule has 0 radical (unpaired) electrons. The van der Waals surface area contributed by atoms with E-state index in [2.05, 4.69) is 5.32 Å². The van der Waals surface area contributed by atoms with Crippen molar-refractivity contribution in [2.45, 2.75) is 45.6 Å². The highest BCUT2D eigenvalue weighted by atomic mass is 16.5. The number of carbonyl (C=O) groups excluding carboxylic acids is 1. The molecule has 30 heavy (non-hydrogen) atoms. The molecule has 0 spiro atoms. The molecule has 1 aromatic heterocycles. The Kier molecular flexibility index (Phi) is 6.27. The fourth-order valence-electron chi connectivity index (χ4n) is 3.49. The van der Waals surface area contributed by atoms with Crippen molar-refractivity contribution in [2.24, 2.45) is 5.73 Å². The summed E-state index contributed by atoms with van der Waals surface area (Å²) < 4.78 is 10.9. The van der Waals surface area contributed by atoms with E-state index >= 15 is 0 Å². The van der Waals surface area contributed by atoms with E-state index < -0.39 is 11.5 Å². The molecule has 158 valence electrons. The summed E-state index contributed by atoms with van der Waals surface area (Å²) in [7, 11) is 1.58. The molecule has 1 heterocycles. The average Bonchev–Trinajstić information content (AvgIpc) is 2.68. The summed E-state index contributed by atoms with van der Waals surface area (Å²) in [5.41, 5.74) is 7.99. The van der Waals surface area contributed by atoms with Gasteiger partial charge in [0.1, 0.15) is 16.9 Å². The normalized spacial score (nSPS) is 11.5. The van der Waals surface area contributed by atoms with Crippen LogP contribution >= 0.6 is 0 Å². The number of aryl methyl sites for hydroxylation is 1. The van der Waals surface area contributed by atoms with Crippen molar-refractivity contribution in [2.75, 3.05) is 12.4 Å². The van der Waals surface area contributed by atoms with E-state index in [1.807, 2.05) is 39.0 Å². The van der Waals surface area contributed by atoms with Crippen LogP contribution in [-0.4, -0.2) is 18.6 Å². The van der Waals surface area contributed by atoms with E-state index in [9.17, 15) is 9.59 Å². The molecule has 0 unspecified atom stereocenters. The molecule has 1 amide bonds. The number of fused-ring (bicyclic) bond motifs is 1. The van der Waals surface area contributed by atoms with Gasteiger partial charge in [-0.15, -0.1) is 0 Å². The summed E-state index contributed by atoms with van der Waals surface area (Å²) in [6, 6.07) is 12.6. The minimum atomic E-state index is -0.674. The highest BCUT2D eigenvalue weighted by molar-refractivity contribution is 6.05. The highest BCUT2D eigenvalue weighted by Gasteiger charge is 2.18. The number of ether oxygens (including phenoxy) is 1. The van der Waals surface area contributed by atoms with Gasteiger partial charge in [-0.05, 0) is 62.6 Å². The molecule has 3 rings (SSSR count). The van der Waals surface area contributed by atoms with Crippen LogP contribution in [0.2, 0.25) is 0 Å². The quantitative estimate of drug-likeness (QED) is 0.569. The second kappa shape index (κ2) is 8.71. The Hall–Kier alpha value is -3.12. The first kappa shape index (κ1) is 21.6. The van der Waals surface area contributed by atoms with Crippen molar-refractivity contribution in [1.29, 1.82) is 0 Å². The van der Waals surface area contributed by atoms with Gasteiger partial charge in [0.15, 0.2) is 0 Å². The van der Waals surface area contributed by atoms with Crippen LogP contribution in [0, 0.1) is 0 Å². The summed E-state index contributed by atoms with van der Waals surface area (Å²) >= 11 is 0. The van der Waals surface area contributed by atoms with Crippen molar-refractivity contribution in [3.8, 4) is 5.75 Å². The standard InChI is InChI=1S/C24H28N2O4/c1-5-6-18-20(29-4)12-9-16-13-19(23(28)30-21(16)18)22(27)26-17-10-7-15(8-11-17)14-24(2,3)25/h7-13H,5-6,14,25H2,1-4H3,(H,26,27). The number of rotatable bonds is 7. The lowest BCUT2D eigenvalue weighted by molar-refractivity contribution is 0.102. The molecule has 3 aromatic rings. The first-order valence-corrected chi connectivity index (χ1v) is 10.0. The maximum Gasteiger partial charge on any atom is 0.349 e. The Morgan fingerprint density at radius 3 is 2.47 bits per heavy atom. The van der Waals surface area contributed by atoms with E-state index in [-0.39, 0.29) is 11.1 Å². The van der Waals surface area contributed by atoms with Crippen LogP contribution in [0.1, 0.15) is 48.7 Å². The van der Waals surface area contributed by atoms with Crippen molar-refractivity contribution < 1.29 is 13.9 Å². The number of hydrogen-bond acceptors (Lipinski definition) is 5. The maximum atomic E-state index is 12.7. The third-order valence-corrected chi connectivity index (χ3v) is 4.80. The van der Waals surface area contributed by atoms with E-state index in [4.69, 9.17) is 14.9 Å². The lowest BCUT2D eigenvalue weighted by atomic mass is 9.96. The van der Waals surface area contributed by atoms with Gasteiger partial charge < -0.3 is 20.2 Å². The van der Waals surface area contributed by atoms with Crippen LogP contribution in [0.15, 0.2) is 51.7 Å². The van der Waals surface area contributed by atoms with Crippen LogP contribution < -0.4 is 21.4 Å². The summed E-state index contributed by atoms with van der Waals surface area (Å²) in [6.45, 7) is 5.96. The zero-order chi connectivity index (χ0) is 21.9. The largest absolute Gasteiger partial charge is 0.496 e. The summed E-state index contributed by atoms with van der Waals surface area (Å²) in [5.74, 6) is 0.163. The van der Waals surface area contributed by atoms with Gasteiger partial charge in [0.05, 0.1) is 7.11 Å². The Balaban J connectivity index is 1.88. The molecule has 3 N–H and O–H groups in total. The van der Waals surface area contributed by atoms with Gasteiger partial charge in [0.2, 0.25) is 0 Å². The van der Waals surface area contributed by atoms with E-state index in [1.165, 1.54) is 0 Å². The van der Waals surface area contributed by atoms with Crippen molar-refractivity contribution in [3.05, 3.63) is 69.6 Å².